The second kappa shape index (κ2) is 5.35. The zero-order valence-corrected chi connectivity index (χ0v) is 10.5. The molecular formula is C13H16N4O. The van der Waals surface area contributed by atoms with Gasteiger partial charge in [-0.15, -0.1) is 0 Å². The van der Waals surface area contributed by atoms with Crippen LogP contribution in [0.1, 0.15) is 17.4 Å². The third kappa shape index (κ3) is 2.51. The van der Waals surface area contributed by atoms with Crippen LogP contribution in [0.4, 0.5) is 11.5 Å². The summed E-state index contributed by atoms with van der Waals surface area (Å²) in [5.74, 6) is 0.722. The number of pyridine rings is 1. The molecule has 0 radical (unpaired) electrons. The summed E-state index contributed by atoms with van der Waals surface area (Å²) in [6.45, 7) is 2.83. The highest BCUT2D eigenvalue weighted by Crippen LogP contribution is 2.15. The maximum absolute atomic E-state index is 12.1. The molecule has 2 aromatic heterocycles. The van der Waals surface area contributed by atoms with Gasteiger partial charge in [0, 0.05) is 19.8 Å². The van der Waals surface area contributed by atoms with Crippen LogP contribution in [0.25, 0.3) is 0 Å². The van der Waals surface area contributed by atoms with Gasteiger partial charge < -0.3 is 15.2 Å². The quantitative estimate of drug-likeness (QED) is 0.866. The zero-order chi connectivity index (χ0) is 13.0. The molecule has 2 rings (SSSR count). The summed E-state index contributed by atoms with van der Waals surface area (Å²) < 4.78 is 0. The summed E-state index contributed by atoms with van der Waals surface area (Å²) in [6.07, 6.45) is 3.41. The third-order valence-electron chi connectivity index (χ3n) is 2.63. The Morgan fingerprint density at radius 1 is 1.44 bits per heavy atom. The molecule has 0 aliphatic rings. The number of hydrogen-bond acceptors (Lipinski definition) is 3. The molecule has 0 aromatic carbocycles. The topological polar surface area (TPSA) is 61.0 Å². The molecule has 5 nitrogen and oxygen atoms in total. The van der Waals surface area contributed by atoms with Crippen LogP contribution in [0.3, 0.4) is 0 Å². The lowest BCUT2D eigenvalue weighted by molar-refractivity contribution is 0.0989. The molecule has 94 valence electrons. The Morgan fingerprint density at radius 2 is 2.28 bits per heavy atom. The van der Waals surface area contributed by atoms with E-state index in [1.54, 1.807) is 36.5 Å². The minimum absolute atomic E-state index is 0.0852. The zero-order valence-electron chi connectivity index (χ0n) is 10.5. The molecular weight excluding hydrogens is 228 g/mol. The van der Waals surface area contributed by atoms with Crippen molar-refractivity contribution in [2.45, 2.75) is 6.92 Å². The van der Waals surface area contributed by atoms with Crippen LogP contribution in [0.2, 0.25) is 0 Å². The lowest BCUT2D eigenvalue weighted by Crippen LogP contribution is -2.26. The molecule has 5 heteroatoms. The van der Waals surface area contributed by atoms with Gasteiger partial charge in [0.05, 0.1) is 11.9 Å². The first kappa shape index (κ1) is 12.2. The van der Waals surface area contributed by atoms with Crippen molar-refractivity contribution < 1.29 is 4.79 Å². The fraction of sp³-hybridized carbons (Fsp3) is 0.231. The molecule has 18 heavy (non-hydrogen) atoms. The van der Waals surface area contributed by atoms with E-state index in [0.29, 0.717) is 5.69 Å². The Balaban J connectivity index is 2.13. The van der Waals surface area contributed by atoms with E-state index in [2.05, 4.69) is 15.3 Å². The van der Waals surface area contributed by atoms with Gasteiger partial charge in [-0.1, -0.05) is 0 Å². The van der Waals surface area contributed by atoms with Crippen molar-refractivity contribution in [1.29, 1.82) is 0 Å². The lowest BCUT2D eigenvalue weighted by Gasteiger charge is -2.16. The van der Waals surface area contributed by atoms with E-state index in [9.17, 15) is 4.79 Å². The minimum Gasteiger partial charge on any atom is -0.370 e. The fourth-order valence-electron chi connectivity index (χ4n) is 1.63. The van der Waals surface area contributed by atoms with Crippen LogP contribution in [0, 0.1) is 0 Å². The number of nitrogens with one attached hydrogen (secondary N) is 2. The van der Waals surface area contributed by atoms with Gasteiger partial charge in [-0.2, -0.15) is 0 Å². The van der Waals surface area contributed by atoms with Crippen LogP contribution in [0.15, 0.2) is 36.7 Å². The summed E-state index contributed by atoms with van der Waals surface area (Å²) in [7, 11) is 1.73. The van der Waals surface area contributed by atoms with Crippen LogP contribution in [-0.2, 0) is 0 Å². The number of hydrogen-bond donors (Lipinski definition) is 2. The molecule has 0 saturated carbocycles. The maximum atomic E-state index is 12.1. The average molecular weight is 244 g/mol. The molecule has 0 unspecified atom stereocenters. The number of rotatable bonds is 4. The van der Waals surface area contributed by atoms with Gasteiger partial charge in [0.2, 0.25) is 0 Å². The van der Waals surface area contributed by atoms with E-state index < -0.39 is 0 Å². The van der Waals surface area contributed by atoms with Gasteiger partial charge in [0.25, 0.3) is 5.91 Å². The Morgan fingerprint density at radius 3 is 2.83 bits per heavy atom. The van der Waals surface area contributed by atoms with Crippen molar-refractivity contribution in [2.75, 3.05) is 23.8 Å². The smallest absolute Gasteiger partial charge is 0.274 e. The SMILES string of the molecule is CCNc1ccc(N(C)C(=O)c2ccc[nH]2)cn1. The van der Waals surface area contributed by atoms with E-state index in [0.717, 1.165) is 18.1 Å². The van der Waals surface area contributed by atoms with Crippen molar-refractivity contribution in [3.8, 4) is 0 Å². The number of aromatic nitrogens is 2. The molecule has 2 N–H and O–H groups in total. The number of carbonyl (C=O) groups excluding carboxylic acids is 1. The van der Waals surface area contributed by atoms with Crippen molar-refractivity contribution in [3.63, 3.8) is 0 Å². The van der Waals surface area contributed by atoms with Crippen LogP contribution >= 0.6 is 0 Å². The standard InChI is InChI=1S/C13H16N4O/c1-3-14-12-7-6-10(9-16-12)17(2)13(18)11-5-4-8-15-11/h4-9,15H,3H2,1-2H3,(H,14,16). The Kier molecular flexibility index (Phi) is 3.62. The molecule has 2 aromatic rings. The molecule has 0 aliphatic carbocycles. The maximum Gasteiger partial charge on any atom is 0.274 e. The van der Waals surface area contributed by atoms with E-state index >= 15 is 0 Å². The first-order valence-electron chi connectivity index (χ1n) is 5.83. The summed E-state index contributed by atoms with van der Waals surface area (Å²) in [6, 6.07) is 7.27. The summed E-state index contributed by atoms with van der Waals surface area (Å²) in [5, 5.41) is 3.11. The van der Waals surface area contributed by atoms with Crippen LogP contribution in [-0.4, -0.2) is 29.5 Å². The Labute approximate surface area is 106 Å². The number of H-pyrrole nitrogens is 1. The number of amides is 1. The Bertz CT molecular complexity index is 504. The second-order valence-corrected chi connectivity index (χ2v) is 3.88. The first-order chi connectivity index (χ1) is 8.72. The lowest BCUT2D eigenvalue weighted by atomic mass is 10.3. The highest BCUT2D eigenvalue weighted by atomic mass is 16.2. The largest absolute Gasteiger partial charge is 0.370 e. The third-order valence-corrected chi connectivity index (χ3v) is 2.63. The highest BCUT2D eigenvalue weighted by molar-refractivity contribution is 6.04. The molecule has 0 atom stereocenters. The normalized spacial score (nSPS) is 10.1. The molecule has 0 bridgehead atoms. The van der Waals surface area contributed by atoms with Crippen molar-refractivity contribution >= 4 is 17.4 Å². The molecule has 2 heterocycles. The second-order valence-electron chi connectivity index (χ2n) is 3.88. The van der Waals surface area contributed by atoms with Crippen molar-refractivity contribution in [3.05, 3.63) is 42.4 Å². The first-order valence-corrected chi connectivity index (χ1v) is 5.83. The average Bonchev–Trinajstić information content (AvgIpc) is 2.92. The minimum atomic E-state index is -0.0852. The van der Waals surface area contributed by atoms with E-state index in [-0.39, 0.29) is 5.91 Å². The van der Waals surface area contributed by atoms with E-state index in [1.807, 2.05) is 19.1 Å². The molecule has 0 spiro atoms. The van der Waals surface area contributed by atoms with Gasteiger partial charge in [0.1, 0.15) is 11.5 Å². The number of aromatic amines is 1. The predicted octanol–water partition coefficient (Wildman–Crippen LogP) is 2.12. The predicted molar refractivity (Wildman–Crippen MR) is 71.9 cm³/mol. The fourth-order valence-corrected chi connectivity index (χ4v) is 1.63. The van der Waals surface area contributed by atoms with Gasteiger partial charge in [-0.05, 0) is 31.2 Å². The number of anilines is 2. The van der Waals surface area contributed by atoms with Crippen molar-refractivity contribution in [1.82, 2.24) is 9.97 Å². The summed E-state index contributed by atoms with van der Waals surface area (Å²) in [5.41, 5.74) is 1.32. The Hall–Kier alpha value is -2.30. The van der Waals surface area contributed by atoms with E-state index in [4.69, 9.17) is 0 Å². The van der Waals surface area contributed by atoms with Gasteiger partial charge >= 0.3 is 0 Å². The molecule has 0 aliphatic heterocycles. The molecule has 0 saturated heterocycles. The monoisotopic (exact) mass is 244 g/mol. The molecule has 1 amide bonds. The summed E-state index contributed by atoms with van der Waals surface area (Å²) in [4.78, 5) is 20.8. The number of nitrogens with zero attached hydrogens (tertiary/aromatic N) is 2. The van der Waals surface area contributed by atoms with Gasteiger partial charge in [0.15, 0.2) is 0 Å². The van der Waals surface area contributed by atoms with Gasteiger partial charge in [-0.25, -0.2) is 4.98 Å². The van der Waals surface area contributed by atoms with E-state index in [1.165, 1.54) is 0 Å². The van der Waals surface area contributed by atoms with Gasteiger partial charge in [-0.3, -0.25) is 4.79 Å². The van der Waals surface area contributed by atoms with Crippen LogP contribution < -0.4 is 10.2 Å². The van der Waals surface area contributed by atoms with Crippen molar-refractivity contribution in [2.24, 2.45) is 0 Å². The summed E-state index contributed by atoms with van der Waals surface area (Å²) >= 11 is 0. The molecule has 0 fully saturated rings. The highest BCUT2D eigenvalue weighted by Gasteiger charge is 2.14. The van der Waals surface area contributed by atoms with Crippen LogP contribution in [0.5, 0.6) is 0 Å². The number of carbonyl (C=O) groups is 1.